The highest BCUT2D eigenvalue weighted by atomic mass is 19.4. The van der Waals surface area contributed by atoms with E-state index in [4.69, 9.17) is 0 Å². The van der Waals surface area contributed by atoms with Gasteiger partial charge in [-0.25, -0.2) is 4.98 Å². The van der Waals surface area contributed by atoms with Gasteiger partial charge in [0.1, 0.15) is 0 Å². The van der Waals surface area contributed by atoms with Gasteiger partial charge in [0.25, 0.3) is 0 Å². The number of aromatic nitrogens is 1. The number of nitrogens with zero attached hydrogens (tertiary/aromatic N) is 1. The molecule has 1 heterocycles. The van der Waals surface area contributed by atoms with Gasteiger partial charge in [0.05, 0.1) is 28.6 Å². The normalized spacial score (nSPS) is 13.2. The predicted molar refractivity (Wildman–Crippen MR) is 132 cm³/mol. The van der Waals surface area contributed by atoms with Gasteiger partial charge in [0, 0.05) is 23.7 Å². The zero-order chi connectivity index (χ0) is 27.2. The quantitative estimate of drug-likeness (QED) is 0.264. The molecule has 9 heteroatoms. The first-order chi connectivity index (χ1) is 17.4. The fourth-order valence-electron chi connectivity index (χ4n) is 4.14. The second-order valence-electron chi connectivity index (χ2n) is 9.02. The summed E-state index contributed by atoms with van der Waals surface area (Å²) >= 11 is 0. The summed E-state index contributed by atoms with van der Waals surface area (Å²) in [6, 6.07) is 12.3. The first-order valence-electron chi connectivity index (χ1n) is 12.2. The average molecular weight is 525 g/mol. The molecule has 1 unspecified atom stereocenters. The Morgan fingerprint density at radius 3 is 1.49 bits per heavy atom. The van der Waals surface area contributed by atoms with E-state index in [1.54, 1.807) is 12.1 Å². The monoisotopic (exact) mass is 524 g/mol. The number of halogens is 6. The van der Waals surface area contributed by atoms with E-state index in [2.05, 4.69) is 24.1 Å². The van der Waals surface area contributed by atoms with Crippen molar-refractivity contribution in [1.82, 2.24) is 10.3 Å². The van der Waals surface area contributed by atoms with Gasteiger partial charge in [-0.3, -0.25) is 0 Å². The van der Waals surface area contributed by atoms with Gasteiger partial charge < -0.3 is 10.4 Å². The molecular weight excluding hydrogens is 494 g/mol. The summed E-state index contributed by atoms with van der Waals surface area (Å²) in [5, 5.41) is 14.3. The van der Waals surface area contributed by atoms with E-state index < -0.39 is 29.6 Å². The summed E-state index contributed by atoms with van der Waals surface area (Å²) in [7, 11) is 0. The summed E-state index contributed by atoms with van der Waals surface area (Å²) in [4.78, 5) is 4.50. The molecule has 0 aliphatic rings. The topological polar surface area (TPSA) is 45.1 Å². The molecule has 3 aromatic rings. The van der Waals surface area contributed by atoms with E-state index in [0.717, 1.165) is 49.9 Å². The molecular formula is C28H30F6N2O. The van der Waals surface area contributed by atoms with Crippen LogP contribution in [0.4, 0.5) is 26.3 Å². The number of rotatable bonds is 10. The maximum atomic E-state index is 13.0. The summed E-state index contributed by atoms with van der Waals surface area (Å²) < 4.78 is 78.1. The lowest BCUT2D eigenvalue weighted by Crippen LogP contribution is -2.32. The highest BCUT2D eigenvalue weighted by Gasteiger charge is 2.31. The van der Waals surface area contributed by atoms with Crippen LogP contribution in [0.1, 0.15) is 62.3 Å². The van der Waals surface area contributed by atoms with Crippen LogP contribution in [0.5, 0.6) is 0 Å². The Hall–Kier alpha value is -2.91. The summed E-state index contributed by atoms with van der Waals surface area (Å²) in [5.41, 5.74) is 0.225. The molecule has 1 atom stereocenters. The van der Waals surface area contributed by atoms with Crippen molar-refractivity contribution < 1.29 is 31.4 Å². The average Bonchev–Trinajstić information content (AvgIpc) is 2.86. The second-order valence-corrected chi connectivity index (χ2v) is 9.02. The molecule has 1 aromatic heterocycles. The predicted octanol–water partition coefficient (Wildman–Crippen LogP) is 8.05. The maximum Gasteiger partial charge on any atom is 0.416 e. The van der Waals surface area contributed by atoms with Crippen molar-refractivity contribution in [2.45, 2.75) is 64.0 Å². The highest BCUT2D eigenvalue weighted by Crippen LogP contribution is 2.34. The standard InChI is InChI=1S/C28H30F6N2O/c1-3-5-23(6-4-2)35-17-26(37)20-15-24(18-7-11-21(12-8-18)27(29,30)31)36-25(16-20)19-9-13-22(14-10-19)28(32,33)34/h7-16,23,26,35,37H,3-6,17H2,1-2H3. The number of aliphatic hydroxyl groups excluding tert-OH is 1. The number of benzene rings is 2. The maximum absolute atomic E-state index is 13.0. The summed E-state index contributed by atoms with van der Waals surface area (Å²) in [6.07, 6.45) is -6.07. The lowest BCUT2D eigenvalue weighted by Gasteiger charge is -2.21. The number of nitrogens with one attached hydrogen (secondary N) is 1. The van der Waals surface area contributed by atoms with E-state index in [1.165, 1.54) is 24.3 Å². The number of aliphatic hydroxyl groups is 1. The number of hydrogen-bond donors (Lipinski definition) is 2. The van der Waals surface area contributed by atoms with Gasteiger partial charge in [-0.05, 0) is 54.8 Å². The van der Waals surface area contributed by atoms with Crippen molar-refractivity contribution in [2.75, 3.05) is 6.54 Å². The van der Waals surface area contributed by atoms with Gasteiger partial charge in [-0.15, -0.1) is 0 Å². The van der Waals surface area contributed by atoms with Crippen LogP contribution in [0.15, 0.2) is 60.7 Å². The summed E-state index contributed by atoms with van der Waals surface area (Å²) in [6.45, 7) is 4.40. The first-order valence-corrected chi connectivity index (χ1v) is 12.2. The molecule has 0 aliphatic carbocycles. The SMILES string of the molecule is CCCC(CCC)NCC(O)c1cc(-c2ccc(C(F)(F)F)cc2)nc(-c2ccc(C(F)(F)F)cc2)c1. The molecule has 37 heavy (non-hydrogen) atoms. The zero-order valence-corrected chi connectivity index (χ0v) is 20.6. The van der Waals surface area contributed by atoms with Crippen LogP contribution in [0.25, 0.3) is 22.5 Å². The molecule has 0 fully saturated rings. The molecule has 0 radical (unpaired) electrons. The van der Waals surface area contributed by atoms with Crippen molar-refractivity contribution in [2.24, 2.45) is 0 Å². The first kappa shape index (κ1) is 28.7. The second kappa shape index (κ2) is 12.1. The third-order valence-electron chi connectivity index (χ3n) is 6.12. The molecule has 3 rings (SSSR count). The van der Waals surface area contributed by atoms with Crippen molar-refractivity contribution >= 4 is 0 Å². The Labute approximate surface area is 212 Å². The van der Waals surface area contributed by atoms with Gasteiger partial charge in [0.15, 0.2) is 0 Å². The van der Waals surface area contributed by atoms with Crippen LogP contribution in [0.2, 0.25) is 0 Å². The van der Waals surface area contributed by atoms with E-state index in [9.17, 15) is 31.4 Å². The van der Waals surface area contributed by atoms with Gasteiger partial charge in [0.2, 0.25) is 0 Å². The highest BCUT2D eigenvalue weighted by molar-refractivity contribution is 5.68. The molecule has 0 saturated heterocycles. The molecule has 0 saturated carbocycles. The van der Waals surface area contributed by atoms with E-state index in [-0.39, 0.29) is 12.6 Å². The fourth-order valence-corrected chi connectivity index (χ4v) is 4.14. The minimum Gasteiger partial charge on any atom is -0.387 e. The van der Waals surface area contributed by atoms with Crippen LogP contribution >= 0.6 is 0 Å². The third kappa shape index (κ3) is 7.79. The molecule has 2 aromatic carbocycles. The van der Waals surface area contributed by atoms with Crippen LogP contribution < -0.4 is 5.32 Å². The van der Waals surface area contributed by atoms with Crippen LogP contribution in [0.3, 0.4) is 0 Å². The van der Waals surface area contributed by atoms with Gasteiger partial charge >= 0.3 is 12.4 Å². The molecule has 200 valence electrons. The fraction of sp³-hybridized carbons (Fsp3) is 0.393. The zero-order valence-electron chi connectivity index (χ0n) is 20.6. The smallest absolute Gasteiger partial charge is 0.387 e. The van der Waals surface area contributed by atoms with Crippen LogP contribution in [0, 0.1) is 0 Å². The van der Waals surface area contributed by atoms with Crippen LogP contribution in [-0.4, -0.2) is 22.7 Å². The van der Waals surface area contributed by atoms with Gasteiger partial charge in [-0.1, -0.05) is 51.0 Å². The van der Waals surface area contributed by atoms with Crippen molar-refractivity contribution in [3.63, 3.8) is 0 Å². The molecule has 3 nitrogen and oxygen atoms in total. The number of hydrogen-bond acceptors (Lipinski definition) is 3. The lowest BCUT2D eigenvalue weighted by molar-refractivity contribution is -0.138. The summed E-state index contributed by atoms with van der Waals surface area (Å²) in [5.74, 6) is 0. The molecule has 0 amide bonds. The Morgan fingerprint density at radius 1 is 0.730 bits per heavy atom. The van der Waals surface area contributed by atoms with Crippen molar-refractivity contribution in [3.8, 4) is 22.5 Å². The molecule has 0 bridgehead atoms. The van der Waals surface area contributed by atoms with Crippen molar-refractivity contribution in [3.05, 3.63) is 77.4 Å². The van der Waals surface area contributed by atoms with Crippen molar-refractivity contribution in [1.29, 1.82) is 0 Å². The molecule has 2 N–H and O–H groups in total. The largest absolute Gasteiger partial charge is 0.416 e. The lowest BCUT2D eigenvalue weighted by atomic mass is 10.00. The Balaban J connectivity index is 1.98. The minimum atomic E-state index is -4.49. The van der Waals surface area contributed by atoms with E-state index in [1.807, 2.05) is 0 Å². The van der Waals surface area contributed by atoms with E-state index >= 15 is 0 Å². The number of alkyl halides is 6. The Morgan fingerprint density at radius 2 is 1.14 bits per heavy atom. The Bertz CT molecular complexity index is 1060. The molecule has 0 aliphatic heterocycles. The van der Waals surface area contributed by atoms with Crippen LogP contribution in [-0.2, 0) is 12.4 Å². The minimum absolute atomic E-state index is 0.232. The van der Waals surface area contributed by atoms with E-state index in [0.29, 0.717) is 28.1 Å². The number of pyridine rings is 1. The Kier molecular flexibility index (Phi) is 9.36. The van der Waals surface area contributed by atoms with Gasteiger partial charge in [-0.2, -0.15) is 26.3 Å². The molecule has 0 spiro atoms. The third-order valence-corrected chi connectivity index (χ3v) is 6.12.